The summed E-state index contributed by atoms with van der Waals surface area (Å²) in [6, 6.07) is 0. The smallest absolute Gasteiger partial charge is 0.220 e. The maximum atomic E-state index is 11.7. The highest BCUT2D eigenvalue weighted by atomic mass is 35.5. The molecule has 1 unspecified atom stereocenters. The first-order valence-electron chi connectivity index (χ1n) is 6.90. The number of carbonyl (C=O) groups is 1. The number of nitrogens with one attached hydrogen (secondary N) is 2. The first-order valence-corrected chi connectivity index (χ1v) is 8.05. The van der Waals surface area contributed by atoms with Crippen LogP contribution in [0.25, 0.3) is 0 Å². The summed E-state index contributed by atoms with van der Waals surface area (Å²) in [5.41, 5.74) is 0. The largest absolute Gasteiger partial charge is 0.356 e. The van der Waals surface area contributed by atoms with Crippen LogP contribution in [0.5, 0.6) is 0 Å². The van der Waals surface area contributed by atoms with E-state index in [0.29, 0.717) is 6.42 Å². The molecular formula is C13H25ClN2OS. The Hall–Kier alpha value is 0.0700. The lowest BCUT2D eigenvalue weighted by Gasteiger charge is -2.21. The van der Waals surface area contributed by atoms with E-state index < -0.39 is 0 Å². The van der Waals surface area contributed by atoms with Gasteiger partial charge in [-0.2, -0.15) is 11.8 Å². The van der Waals surface area contributed by atoms with E-state index in [9.17, 15) is 4.79 Å². The topological polar surface area (TPSA) is 41.1 Å². The fourth-order valence-corrected chi connectivity index (χ4v) is 3.80. The zero-order chi connectivity index (χ0) is 11.9. The summed E-state index contributed by atoms with van der Waals surface area (Å²) in [5.74, 6) is 4.26. The van der Waals surface area contributed by atoms with E-state index >= 15 is 0 Å². The molecule has 106 valence electrons. The molecule has 2 aliphatic heterocycles. The number of amides is 1. The minimum absolute atomic E-state index is 0. The highest BCUT2D eigenvalue weighted by Gasteiger charge is 2.17. The molecule has 0 bridgehead atoms. The van der Waals surface area contributed by atoms with Gasteiger partial charge in [0.1, 0.15) is 0 Å². The molecule has 2 heterocycles. The van der Waals surface area contributed by atoms with E-state index in [-0.39, 0.29) is 18.3 Å². The molecule has 0 radical (unpaired) electrons. The number of hydrogen-bond acceptors (Lipinski definition) is 3. The maximum Gasteiger partial charge on any atom is 0.220 e. The highest BCUT2D eigenvalue weighted by Crippen LogP contribution is 2.22. The van der Waals surface area contributed by atoms with Crippen LogP contribution >= 0.6 is 24.2 Å². The van der Waals surface area contributed by atoms with Gasteiger partial charge in [0, 0.05) is 13.0 Å². The molecule has 0 spiro atoms. The zero-order valence-corrected chi connectivity index (χ0v) is 12.6. The Kier molecular flexibility index (Phi) is 8.11. The van der Waals surface area contributed by atoms with Crippen LogP contribution in [0.2, 0.25) is 0 Å². The molecule has 0 aliphatic carbocycles. The van der Waals surface area contributed by atoms with E-state index in [4.69, 9.17) is 0 Å². The minimum atomic E-state index is 0. The van der Waals surface area contributed by atoms with Crippen molar-refractivity contribution in [2.24, 2.45) is 11.8 Å². The second kappa shape index (κ2) is 9.05. The summed E-state index contributed by atoms with van der Waals surface area (Å²) >= 11 is 2.04. The number of carbonyl (C=O) groups excluding carboxylic acids is 1. The van der Waals surface area contributed by atoms with Crippen LogP contribution in [0.4, 0.5) is 0 Å². The zero-order valence-electron chi connectivity index (χ0n) is 11.0. The summed E-state index contributed by atoms with van der Waals surface area (Å²) < 4.78 is 0. The molecule has 2 rings (SSSR count). The molecule has 1 amide bonds. The van der Waals surface area contributed by atoms with E-state index in [1.54, 1.807) is 0 Å². The lowest BCUT2D eigenvalue weighted by atomic mass is 10.0. The minimum Gasteiger partial charge on any atom is -0.356 e. The van der Waals surface area contributed by atoms with Gasteiger partial charge in [-0.25, -0.2) is 0 Å². The Morgan fingerprint density at radius 2 is 2.00 bits per heavy atom. The van der Waals surface area contributed by atoms with Gasteiger partial charge >= 0.3 is 0 Å². The molecule has 5 heteroatoms. The third-order valence-electron chi connectivity index (χ3n) is 3.87. The molecule has 0 aromatic rings. The van der Waals surface area contributed by atoms with Crippen molar-refractivity contribution in [1.29, 1.82) is 0 Å². The van der Waals surface area contributed by atoms with Crippen LogP contribution in [0.1, 0.15) is 32.1 Å². The maximum absolute atomic E-state index is 11.7. The summed E-state index contributed by atoms with van der Waals surface area (Å²) in [7, 11) is 0. The van der Waals surface area contributed by atoms with Gasteiger partial charge in [-0.1, -0.05) is 0 Å². The molecule has 2 saturated heterocycles. The first-order chi connectivity index (χ1) is 8.34. The van der Waals surface area contributed by atoms with E-state index in [1.165, 1.54) is 30.8 Å². The molecule has 1 atom stereocenters. The van der Waals surface area contributed by atoms with Crippen molar-refractivity contribution in [3.8, 4) is 0 Å². The van der Waals surface area contributed by atoms with Crippen molar-refractivity contribution in [3.05, 3.63) is 0 Å². The molecular weight excluding hydrogens is 268 g/mol. The molecule has 0 saturated carbocycles. The molecule has 18 heavy (non-hydrogen) atoms. The number of thioether (sulfide) groups is 1. The van der Waals surface area contributed by atoms with Crippen LogP contribution in [0.3, 0.4) is 0 Å². The van der Waals surface area contributed by atoms with E-state index in [1.807, 2.05) is 11.8 Å². The van der Waals surface area contributed by atoms with Crippen LogP contribution < -0.4 is 10.6 Å². The van der Waals surface area contributed by atoms with Crippen molar-refractivity contribution in [2.45, 2.75) is 32.1 Å². The second-order valence-corrected chi connectivity index (χ2v) is 6.48. The Balaban J connectivity index is 0.00000162. The summed E-state index contributed by atoms with van der Waals surface area (Å²) in [6.45, 7) is 3.14. The van der Waals surface area contributed by atoms with Crippen molar-refractivity contribution < 1.29 is 4.79 Å². The summed E-state index contributed by atoms with van der Waals surface area (Å²) in [4.78, 5) is 11.7. The van der Waals surface area contributed by atoms with Crippen molar-refractivity contribution in [2.75, 3.05) is 31.1 Å². The molecule has 2 N–H and O–H groups in total. The van der Waals surface area contributed by atoms with Crippen LogP contribution in [0.15, 0.2) is 0 Å². The fourth-order valence-electron chi connectivity index (χ4n) is 2.59. The number of halogens is 1. The lowest BCUT2D eigenvalue weighted by Crippen LogP contribution is -2.31. The van der Waals surface area contributed by atoms with Gasteiger partial charge < -0.3 is 10.6 Å². The Morgan fingerprint density at radius 3 is 2.67 bits per heavy atom. The van der Waals surface area contributed by atoms with Crippen molar-refractivity contribution >= 4 is 30.1 Å². The summed E-state index contributed by atoms with van der Waals surface area (Å²) in [5, 5.41) is 6.45. The third kappa shape index (κ3) is 5.81. The first kappa shape index (κ1) is 16.1. The Labute approximate surface area is 121 Å². The van der Waals surface area contributed by atoms with E-state index in [0.717, 1.165) is 37.9 Å². The van der Waals surface area contributed by atoms with Gasteiger partial charge in [-0.15, -0.1) is 12.4 Å². The van der Waals surface area contributed by atoms with Crippen LogP contribution in [-0.2, 0) is 4.79 Å². The molecule has 0 aromatic carbocycles. The van der Waals surface area contributed by atoms with Gasteiger partial charge in [0.05, 0.1) is 0 Å². The molecule has 2 fully saturated rings. The van der Waals surface area contributed by atoms with Crippen LogP contribution in [-0.4, -0.2) is 37.0 Å². The van der Waals surface area contributed by atoms with Gasteiger partial charge in [-0.05, 0) is 62.1 Å². The predicted molar refractivity (Wildman–Crippen MR) is 80.5 cm³/mol. The van der Waals surface area contributed by atoms with E-state index in [2.05, 4.69) is 10.6 Å². The molecule has 2 aliphatic rings. The SMILES string of the molecule is Cl.O=C(CCC1CCNC1)NCC1CCSCC1. The molecule has 3 nitrogen and oxygen atoms in total. The highest BCUT2D eigenvalue weighted by molar-refractivity contribution is 7.99. The second-order valence-electron chi connectivity index (χ2n) is 5.26. The van der Waals surface area contributed by atoms with Crippen LogP contribution in [0, 0.1) is 11.8 Å². The number of rotatable bonds is 5. The number of hydrogen-bond donors (Lipinski definition) is 2. The molecule has 0 aromatic heterocycles. The van der Waals surface area contributed by atoms with Gasteiger partial charge in [-0.3, -0.25) is 4.79 Å². The fraction of sp³-hybridized carbons (Fsp3) is 0.923. The lowest BCUT2D eigenvalue weighted by molar-refractivity contribution is -0.121. The Morgan fingerprint density at radius 1 is 1.22 bits per heavy atom. The average Bonchev–Trinajstić information content (AvgIpc) is 2.88. The van der Waals surface area contributed by atoms with Gasteiger partial charge in [0.15, 0.2) is 0 Å². The monoisotopic (exact) mass is 292 g/mol. The average molecular weight is 293 g/mol. The Bertz CT molecular complexity index is 241. The van der Waals surface area contributed by atoms with Gasteiger partial charge in [0.2, 0.25) is 5.91 Å². The predicted octanol–water partition coefficient (Wildman–Crippen LogP) is 2.06. The third-order valence-corrected chi connectivity index (χ3v) is 4.92. The van der Waals surface area contributed by atoms with Crippen molar-refractivity contribution in [3.63, 3.8) is 0 Å². The summed E-state index contributed by atoms with van der Waals surface area (Å²) in [6.07, 6.45) is 5.56. The quantitative estimate of drug-likeness (QED) is 0.815. The normalized spacial score (nSPS) is 24.6. The van der Waals surface area contributed by atoms with Gasteiger partial charge in [0.25, 0.3) is 0 Å². The van der Waals surface area contributed by atoms with Crippen molar-refractivity contribution in [1.82, 2.24) is 10.6 Å². The standard InChI is InChI=1S/C13H24N2OS.ClH/c16-13(2-1-11-3-6-14-9-11)15-10-12-4-7-17-8-5-12;/h11-12,14H,1-10H2,(H,15,16);1H.